The fraction of sp³-hybridized carbons (Fsp3) is 0.650. The number of carbonyl (C=O) groups is 3. The number of likely N-dealkylation sites (tertiary alicyclic amines) is 2. The Morgan fingerprint density at radius 1 is 1.21 bits per heavy atom. The lowest BCUT2D eigenvalue weighted by molar-refractivity contribution is -0.146. The van der Waals surface area contributed by atoms with Crippen LogP contribution in [-0.2, 0) is 25.7 Å². The van der Waals surface area contributed by atoms with Crippen molar-refractivity contribution in [3.05, 3.63) is 24.2 Å². The first-order valence-corrected chi connectivity index (χ1v) is 9.96. The van der Waals surface area contributed by atoms with Crippen molar-refractivity contribution in [1.82, 2.24) is 9.80 Å². The van der Waals surface area contributed by atoms with E-state index in [0.29, 0.717) is 45.0 Å². The highest BCUT2D eigenvalue weighted by molar-refractivity contribution is 5.89. The van der Waals surface area contributed by atoms with Crippen LogP contribution in [0.5, 0.6) is 0 Å². The predicted octanol–water partition coefficient (Wildman–Crippen LogP) is 1.36. The SMILES string of the molecule is O=C(O)C1CCO[C@H]1C1CCN(C(=O)C2CC(=O)N(Cc3ccco3)C2)CC1. The minimum Gasteiger partial charge on any atom is -0.481 e. The molecular weight excluding hydrogens is 364 g/mol. The van der Waals surface area contributed by atoms with E-state index in [2.05, 4.69) is 0 Å². The van der Waals surface area contributed by atoms with Crippen LogP contribution in [0.1, 0.15) is 31.4 Å². The molecule has 4 heterocycles. The summed E-state index contributed by atoms with van der Waals surface area (Å²) in [5.41, 5.74) is 0. The van der Waals surface area contributed by atoms with Gasteiger partial charge in [0, 0.05) is 32.7 Å². The molecule has 0 radical (unpaired) electrons. The normalized spacial score (nSPS) is 28.9. The van der Waals surface area contributed by atoms with Gasteiger partial charge in [0.25, 0.3) is 0 Å². The molecule has 1 aromatic rings. The van der Waals surface area contributed by atoms with Crippen LogP contribution in [0.4, 0.5) is 0 Å². The van der Waals surface area contributed by atoms with E-state index in [9.17, 15) is 19.5 Å². The zero-order valence-corrected chi connectivity index (χ0v) is 15.8. The van der Waals surface area contributed by atoms with E-state index < -0.39 is 11.9 Å². The molecule has 28 heavy (non-hydrogen) atoms. The molecule has 3 aliphatic rings. The number of amides is 2. The van der Waals surface area contributed by atoms with Crippen LogP contribution in [0.3, 0.4) is 0 Å². The monoisotopic (exact) mass is 390 g/mol. The zero-order valence-electron chi connectivity index (χ0n) is 15.8. The highest BCUT2D eigenvalue weighted by Crippen LogP contribution is 2.34. The van der Waals surface area contributed by atoms with Gasteiger partial charge in [-0.3, -0.25) is 14.4 Å². The summed E-state index contributed by atoms with van der Waals surface area (Å²) in [6, 6.07) is 3.61. The number of hydrogen-bond acceptors (Lipinski definition) is 5. The lowest BCUT2D eigenvalue weighted by Crippen LogP contribution is -2.45. The fourth-order valence-corrected chi connectivity index (χ4v) is 4.73. The Morgan fingerprint density at radius 3 is 2.68 bits per heavy atom. The molecule has 0 bridgehead atoms. The van der Waals surface area contributed by atoms with Gasteiger partial charge in [0.05, 0.1) is 30.7 Å². The van der Waals surface area contributed by atoms with Crippen LogP contribution in [0.15, 0.2) is 22.8 Å². The molecule has 3 aliphatic heterocycles. The van der Waals surface area contributed by atoms with Gasteiger partial charge < -0.3 is 24.1 Å². The summed E-state index contributed by atoms with van der Waals surface area (Å²) >= 11 is 0. The van der Waals surface area contributed by atoms with Crippen LogP contribution in [0.2, 0.25) is 0 Å². The molecule has 3 saturated heterocycles. The van der Waals surface area contributed by atoms with E-state index >= 15 is 0 Å². The van der Waals surface area contributed by atoms with Gasteiger partial charge in [-0.2, -0.15) is 0 Å². The van der Waals surface area contributed by atoms with Crippen LogP contribution >= 0.6 is 0 Å². The summed E-state index contributed by atoms with van der Waals surface area (Å²) in [5, 5.41) is 9.35. The molecule has 3 atom stereocenters. The second kappa shape index (κ2) is 7.95. The minimum absolute atomic E-state index is 0.0201. The van der Waals surface area contributed by atoms with Crippen molar-refractivity contribution >= 4 is 17.8 Å². The first-order valence-electron chi connectivity index (χ1n) is 9.96. The van der Waals surface area contributed by atoms with E-state index in [0.717, 1.165) is 12.8 Å². The number of carboxylic acids is 1. The van der Waals surface area contributed by atoms with Crippen molar-refractivity contribution in [2.24, 2.45) is 17.8 Å². The third-order valence-electron chi connectivity index (χ3n) is 6.26. The average Bonchev–Trinajstić information content (AvgIpc) is 3.43. The molecule has 1 N–H and O–H groups in total. The lowest BCUT2D eigenvalue weighted by Gasteiger charge is -2.36. The summed E-state index contributed by atoms with van der Waals surface area (Å²) in [6.07, 6.45) is 3.63. The largest absolute Gasteiger partial charge is 0.481 e. The van der Waals surface area contributed by atoms with Gasteiger partial charge in [-0.05, 0) is 37.3 Å². The summed E-state index contributed by atoms with van der Waals surface area (Å²) in [7, 11) is 0. The number of aliphatic carboxylic acids is 1. The van der Waals surface area contributed by atoms with Crippen molar-refractivity contribution < 1.29 is 28.6 Å². The third-order valence-corrected chi connectivity index (χ3v) is 6.26. The van der Waals surface area contributed by atoms with Crippen molar-refractivity contribution in [2.45, 2.75) is 38.3 Å². The Labute approximate surface area is 163 Å². The quantitative estimate of drug-likeness (QED) is 0.815. The molecule has 4 rings (SSSR count). The number of hydrogen-bond donors (Lipinski definition) is 1. The van der Waals surface area contributed by atoms with Gasteiger partial charge in [-0.25, -0.2) is 0 Å². The topological polar surface area (TPSA) is 100 Å². The number of ether oxygens (including phenoxy) is 1. The molecule has 0 saturated carbocycles. The molecule has 3 fully saturated rings. The van der Waals surface area contributed by atoms with Crippen molar-refractivity contribution in [3.63, 3.8) is 0 Å². The maximum atomic E-state index is 12.9. The van der Waals surface area contributed by atoms with E-state index in [-0.39, 0.29) is 36.2 Å². The van der Waals surface area contributed by atoms with E-state index in [1.165, 1.54) is 0 Å². The molecule has 0 spiro atoms. The standard InChI is InChI=1S/C20H26N2O6/c23-17-10-14(11-22(17)12-15-2-1-8-27-15)19(24)21-6-3-13(4-7-21)18-16(20(25)26)5-9-28-18/h1-2,8,13-14,16,18H,3-7,9-12H2,(H,25,26)/t14?,16?,18-/m0/s1. The number of rotatable bonds is 5. The smallest absolute Gasteiger partial charge is 0.309 e. The van der Waals surface area contributed by atoms with Crippen LogP contribution in [0, 0.1) is 17.8 Å². The van der Waals surface area contributed by atoms with Crippen LogP contribution in [0.25, 0.3) is 0 Å². The lowest BCUT2D eigenvalue weighted by atomic mass is 9.84. The average molecular weight is 390 g/mol. The Morgan fingerprint density at radius 2 is 2.00 bits per heavy atom. The molecule has 152 valence electrons. The number of piperidine rings is 1. The first-order chi connectivity index (χ1) is 13.5. The van der Waals surface area contributed by atoms with Gasteiger partial charge in [-0.15, -0.1) is 0 Å². The van der Waals surface area contributed by atoms with E-state index in [1.807, 2.05) is 11.0 Å². The van der Waals surface area contributed by atoms with E-state index in [1.54, 1.807) is 17.2 Å². The molecule has 2 unspecified atom stereocenters. The molecule has 1 aromatic heterocycles. The van der Waals surface area contributed by atoms with Gasteiger partial charge in [-0.1, -0.05) is 0 Å². The van der Waals surface area contributed by atoms with Crippen molar-refractivity contribution in [1.29, 1.82) is 0 Å². The Bertz CT molecular complexity index is 725. The molecule has 8 heteroatoms. The second-order valence-electron chi connectivity index (χ2n) is 7.99. The van der Waals surface area contributed by atoms with Crippen molar-refractivity contribution in [2.75, 3.05) is 26.2 Å². The number of nitrogens with zero attached hydrogens (tertiary/aromatic N) is 2. The number of carbonyl (C=O) groups excluding carboxylic acids is 2. The summed E-state index contributed by atoms with van der Waals surface area (Å²) < 4.78 is 11.0. The maximum Gasteiger partial charge on any atom is 0.309 e. The summed E-state index contributed by atoms with van der Waals surface area (Å²) in [5.74, 6) is -0.644. The highest BCUT2D eigenvalue weighted by Gasteiger charge is 2.42. The first kappa shape index (κ1) is 19.0. The minimum atomic E-state index is -0.790. The highest BCUT2D eigenvalue weighted by atomic mass is 16.5. The van der Waals surface area contributed by atoms with Gasteiger partial charge >= 0.3 is 5.97 Å². The third kappa shape index (κ3) is 3.78. The molecule has 0 aliphatic carbocycles. The zero-order chi connectivity index (χ0) is 19.7. The van der Waals surface area contributed by atoms with E-state index in [4.69, 9.17) is 9.15 Å². The Kier molecular flexibility index (Phi) is 5.39. The fourth-order valence-electron chi connectivity index (χ4n) is 4.73. The predicted molar refractivity (Wildman–Crippen MR) is 97.0 cm³/mol. The molecule has 8 nitrogen and oxygen atoms in total. The number of carboxylic acid groups (broad SMARTS) is 1. The molecule has 0 aromatic carbocycles. The molecular formula is C20H26N2O6. The second-order valence-corrected chi connectivity index (χ2v) is 7.99. The Balaban J connectivity index is 1.29. The van der Waals surface area contributed by atoms with Gasteiger partial charge in [0.1, 0.15) is 5.76 Å². The summed E-state index contributed by atoms with van der Waals surface area (Å²) in [6.45, 7) is 2.51. The van der Waals surface area contributed by atoms with Crippen molar-refractivity contribution in [3.8, 4) is 0 Å². The summed E-state index contributed by atoms with van der Waals surface area (Å²) in [4.78, 5) is 40.1. The van der Waals surface area contributed by atoms with Gasteiger partial charge in [0.2, 0.25) is 11.8 Å². The number of furan rings is 1. The van der Waals surface area contributed by atoms with Crippen LogP contribution < -0.4 is 0 Å². The Hall–Kier alpha value is -2.35. The maximum absolute atomic E-state index is 12.9. The van der Waals surface area contributed by atoms with Gasteiger partial charge in [0.15, 0.2) is 0 Å². The van der Waals surface area contributed by atoms with Crippen LogP contribution in [-0.4, -0.2) is 65.0 Å². The molecule has 2 amide bonds.